The maximum atomic E-state index is 5.86. The number of nitrogen functional groups attached to an aromatic ring is 1. The van der Waals surface area contributed by atoms with Crippen molar-refractivity contribution in [2.75, 3.05) is 12.3 Å². The Bertz CT molecular complexity index is 360. The largest absolute Gasteiger partial charge is 0.399 e. The molecule has 1 rings (SSSR count). The van der Waals surface area contributed by atoms with Crippen LogP contribution in [0.25, 0.3) is 0 Å². The Morgan fingerprint density at radius 2 is 1.75 bits per heavy atom. The third-order valence-electron chi connectivity index (χ3n) is 3.87. The van der Waals surface area contributed by atoms with Crippen LogP contribution < -0.4 is 5.73 Å². The van der Waals surface area contributed by atoms with Gasteiger partial charge in [-0.15, -0.1) is 0 Å². The summed E-state index contributed by atoms with van der Waals surface area (Å²) in [6, 6.07) is 8.86. The van der Waals surface area contributed by atoms with Gasteiger partial charge in [-0.2, -0.15) is 0 Å². The van der Waals surface area contributed by atoms with Gasteiger partial charge in [-0.05, 0) is 44.5 Å². The van der Waals surface area contributed by atoms with Crippen molar-refractivity contribution in [2.45, 2.75) is 71.9 Å². The standard InChI is InChI=1S/C18H32N2/c1-4-5-6-7-8-9-13-20(16(2)3)15-17-11-10-12-18(19)14-17/h10-12,14,16H,4-9,13,15,19H2,1-3H3. The van der Waals surface area contributed by atoms with Crippen molar-refractivity contribution >= 4 is 5.69 Å². The summed E-state index contributed by atoms with van der Waals surface area (Å²) in [6.07, 6.45) is 8.17. The topological polar surface area (TPSA) is 29.3 Å². The number of nitrogens with zero attached hydrogens (tertiary/aromatic N) is 1. The number of rotatable bonds is 10. The van der Waals surface area contributed by atoms with E-state index in [2.05, 4.69) is 37.8 Å². The molecule has 2 nitrogen and oxygen atoms in total. The number of anilines is 1. The molecule has 0 spiro atoms. The lowest BCUT2D eigenvalue weighted by molar-refractivity contribution is 0.208. The molecule has 0 atom stereocenters. The van der Waals surface area contributed by atoms with Gasteiger partial charge in [0.05, 0.1) is 0 Å². The van der Waals surface area contributed by atoms with Crippen LogP contribution in [-0.2, 0) is 6.54 Å². The minimum absolute atomic E-state index is 0.590. The molecule has 0 aliphatic heterocycles. The van der Waals surface area contributed by atoms with Gasteiger partial charge >= 0.3 is 0 Å². The zero-order chi connectivity index (χ0) is 14.8. The van der Waals surface area contributed by atoms with Gasteiger partial charge in [0.2, 0.25) is 0 Å². The fourth-order valence-electron chi connectivity index (χ4n) is 2.54. The highest BCUT2D eigenvalue weighted by molar-refractivity contribution is 5.40. The Hall–Kier alpha value is -1.02. The normalized spacial score (nSPS) is 11.4. The van der Waals surface area contributed by atoms with Gasteiger partial charge in [0, 0.05) is 18.3 Å². The van der Waals surface area contributed by atoms with Crippen LogP contribution in [0.15, 0.2) is 24.3 Å². The number of nitrogens with two attached hydrogens (primary N) is 1. The van der Waals surface area contributed by atoms with E-state index >= 15 is 0 Å². The van der Waals surface area contributed by atoms with E-state index in [1.54, 1.807) is 0 Å². The Labute approximate surface area is 125 Å². The smallest absolute Gasteiger partial charge is 0.0317 e. The third-order valence-corrected chi connectivity index (χ3v) is 3.87. The molecular weight excluding hydrogens is 244 g/mol. The van der Waals surface area contributed by atoms with Crippen molar-refractivity contribution in [3.63, 3.8) is 0 Å². The summed E-state index contributed by atoms with van der Waals surface area (Å²) in [5, 5.41) is 0. The van der Waals surface area contributed by atoms with Gasteiger partial charge in [-0.3, -0.25) is 4.90 Å². The molecule has 0 amide bonds. The molecule has 1 aromatic carbocycles. The predicted molar refractivity (Wildman–Crippen MR) is 89.8 cm³/mol. The second kappa shape index (κ2) is 9.82. The summed E-state index contributed by atoms with van der Waals surface area (Å²) >= 11 is 0. The maximum absolute atomic E-state index is 5.86. The number of hydrogen-bond donors (Lipinski definition) is 1. The summed E-state index contributed by atoms with van der Waals surface area (Å²) in [5.74, 6) is 0. The van der Waals surface area contributed by atoms with Crippen LogP contribution in [0.3, 0.4) is 0 Å². The molecule has 0 radical (unpaired) electrons. The van der Waals surface area contributed by atoms with E-state index in [9.17, 15) is 0 Å². The van der Waals surface area contributed by atoms with E-state index in [4.69, 9.17) is 5.73 Å². The lowest BCUT2D eigenvalue weighted by atomic mass is 10.1. The molecule has 0 aliphatic rings. The predicted octanol–water partition coefficient (Wildman–Crippen LogP) is 4.84. The van der Waals surface area contributed by atoms with Crippen LogP contribution >= 0.6 is 0 Å². The summed E-state index contributed by atoms with van der Waals surface area (Å²) in [7, 11) is 0. The molecule has 2 heteroatoms. The molecule has 114 valence electrons. The average molecular weight is 276 g/mol. The molecule has 0 aromatic heterocycles. The molecule has 0 heterocycles. The highest BCUT2D eigenvalue weighted by atomic mass is 15.1. The minimum atomic E-state index is 0.590. The molecular formula is C18H32N2. The number of unbranched alkanes of at least 4 members (excludes halogenated alkanes) is 5. The molecule has 0 saturated heterocycles. The Morgan fingerprint density at radius 3 is 2.40 bits per heavy atom. The third kappa shape index (κ3) is 6.95. The van der Waals surface area contributed by atoms with Crippen LogP contribution in [0.1, 0.15) is 64.9 Å². The first-order valence-corrected chi connectivity index (χ1v) is 8.22. The van der Waals surface area contributed by atoms with E-state index in [1.165, 1.54) is 50.6 Å². The lowest BCUT2D eigenvalue weighted by Gasteiger charge is -2.26. The number of hydrogen-bond acceptors (Lipinski definition) is 2. The molecule has 20 heavy (non-hydrogen) atoms. The van der Waals surface area contributed by atoms with Gasteiger partial charge in [-0.1, -0.05) is 51.2 Å². The maximum Gasteiger partial charge on any atom is 0.0317 e. The summed E-state index contributed by atoms with van der Waals surface area (Å²) in [6.45, 7) is 9.04. The summed E-state index contributed by atoms with van der Waals surface area (Å²) in [5.41, 5.74) is 8.05. The molecule has 0 saturated carbocycles. The van der Waals surface area contributed by atoms with Crippen LogP contribution in [0.4, 0.5) is 5.69 Å². The van der Waals surface area contributed by atoms with Crippen molar-refractivity contribution in [3.05, 3.63) is 29.8 Å². The highest BCUT2D eigenvalue weighted by Crippen LogP contribution is 2.13. The van der Waals surface area contributed by atoms with E-state index in [0.29, 0.717) is 6.04 Å². The van der Waals surface area contributed by atoms with E-state index in [0.717, 1.165) is 12.2 Å². The molecule has 0 fully saturated rings. The van der Waals surface area contributed by atoms with Crippen molar-refractivity contribution in [1.82, 2.24) is 4.90 Å². The highest BCUT2D eigenvalue weighted by Gasteiger charge is 2.09. The van der Waals surface area contributed by atoms with Crippen LogP contribution in [-0.4, -0.2) is 17.5 Å². The fraction of sp³-hybridized carbons (Fsp3) is 0.667. The van der Waals surface area contributed by atoms with Crippen molar-refractivity contribution in [3.8, 4) is 0 Å². The second-order valence-electron chi connectivity index (χ2n) is 6.08. The van der Waals surface area contributed by atoms with E-state index in [-0.39, 0.29) is 0 Å². The fourth-order valence-corrected chi connectivity index (χ4v) is 2.54. The first-order chi connectivity index (χ1) is 9.63. The molecule has 0 aliphatic carbocycles. The van der Waals surface area contributed by atoms with Crippen molar-refractivity contribution < 1.29 is 0 Å². The Balaban J connectivity index is 2.33. The first-order valence-electron chi connectivity index (χ1n) is 8.22. The average Bonchev–Trinajstić information content (AvgIpc) is 2.41. The monoisotopic (exact) mass is 276 g/mol. The second-order valence-corrected chi connectivity index (χ2v) is 6.08. The first kappa shape index (κ1) is 17.0. The van der Waals surface area contributed by atoms with Crippen LogP contribution in [0, 0.1) is 0 Å². The van der Waals surface area contributed by atoms with Crippen LogP contribution in [0.5, 0.6) is 0 Å². The number of benzene rings is 1. The molecule has 2 N–H and O–H groups in total. The molecule has 0 bridgehead atoms. The minimum Gasteiger partial charge on any atom is -0.399 e. The Morgan fingerprint density at radius 1 is 1.05 bits per heavy atom. The van der Waals surface area contributed by atoms with E-state index in [1.807, 2.05) is 12.1 Å². The Kier molecular flexibility index (Phi) is 8.36. The van der Waals surface area contributed by atoms with Gasteiger partial charge in [0.15, 0.2) is 0 Å². The lowest BCUT2D eigenvalue weighted by Crippen LogP contribution is -2.31. The van der Waals surface area contributed by atoms with Gasteiger partial charge in [0.25, 0.3) is 0 Å². The van der Waals surface area contributed by atoms with Gasteiger partial charge < -0.3 is 5.73 Å². The van der Waals surface area contributed by atoms with Crippen LogP contribution in [0.2, 0.25) is 0 Å². The van der Waals surface area contributed by atoms with E-state index < -0.39 is 0 Å². The van der Waals surface area contributed by atoms with Gasteiger partial charge in [0.1, 0.15) is 0 Å². The zero-order valence-electron chi connectivity index (χ0n) is 13.6. The van der Waals surface area contributed by atoms with Crippen molar-refractivity contribution in [1.29, 1.82) is 0 Å². The quantitative estimate of drug-likeness (QED) is 0.489. The zero-order valence-corrected chi connectivity index (χ0v) is 13.6. The molecule has 1 aromatic rings. The summed E-state index contributed by atoms with van der Waals surface area (Å²) in [4.78, 5) is 2.55. The van der Waals surface area contributed by atoms with Gasteiger partial charge in [-0.25, -0.2) is 0 Å². The summed E-state index contributed by atoms with van der Waals surface area (Å²) < 4.78 is 0. The van der Waals surface area contributed by atoms with Crippen molar-refractivity contribution in [2.24, 2.45) is 0 Å². The SMILES string of the molecule is CCCCCCCCN(Cc1cccc(N)c1)C(C)C. The molecule has 0 unspecified atom stereocenters.